The van der Waals surface area contributed by atoms with Crippen molar-refractivity contribution in [2.24, 2.45) is 0 Å². The number of halogens is 2. The molecule has 3 aromatic rings. The average molecular weight is 351 g/mol. The van der Waals surface area contributed by atoms with Crippen molar-refractivity contribution in [3.8, 4) is 11.3 Å². The number of fused-ring (bicyclic) bond motifs is 1. The minimum absolute atomic E-state index is 0.0426. The summed E-state index contributed by atoms with van der Waals surface area (Å²) in [5.74, 6) is -1.56. The maximum Gasteiger partial charge on any atom is 0.159 e. The molecule has 0 saturated carbocycles. The maximum atomic E-state index is 13.8. The molecule has 0 aliphatic carbocycles. The molecule has 1 atom stereocenters. The number of aromatic nitrogens is 2. The molecule has 5 heteroatoms. The fourth-order valence-electron chi connectivity index (χ4n) is 3.65. The van der Waals surface area contributed by atoms with Crippen LogP contribution in [0.2, 0.25) is 0 Å². The van der Waals surface area contributed by atoms with Crippen LogP contribution in [0.5, 0.6) is 0 Å². The molecule has 2 heterocycles. The molecule has 0 amide bonds. The summed E-state index contributed by atoms with van der Waals surface area (Å²) in [5, 5.41) is 8.13. The fourth-order valence-corrected chi connectivity index (χ4v) is 3.65. The Morgan fingerprint density at radius 2 is 1.92 bits per heavy atom. The molecule has 26 heavy (non-hydrogen) atoms. The van der Waals surface area contributed by atoms with E-state index in [1.54, 1.807) is 12.3 Å². The minimum Gasteiger partial charge on any atom is -0.302 e. The second-order valence-electron chi connectivity index (χ2n) is 6.78. The van der Waals surface area contributed by atoms with Gasteiger partial charge in [0.05, 0.1) is 5.69 Å². The zero-order valence-corrected chi connectivity index (χ0v) is 14.5. The summed E-state index contributed by atoms with van der Waals surface area (Å²) in [5.41, 5.74) is 4.99. The van der Waals surface area contributed by atoms with Crippen LogP contribution >= 0.6 is 0 Å². The molecule has 1 aliphatic heterocycles. The predicted octanol–water partition coefficient (Wildman–Crippen LogP) is 4.39. The van der Waals surface area contributed by atoms with Gasteiger partial charge in [-0.05, 0) is 67.0 Å². The molecule has 0 bridgehead atoms. The van der Waals surface area contributed by atoms with Crippen molar-refractivity contribution in [1.82, 2.24) is 15.1 Å². The number of hydrogen-bond donors (Lipinski definition) is 0. The summed E-state index contributed by atoms with van der Waals surface area (Å²) in [4.78, 5) is 2.25. The maximum absolute atomic E-state index is 13.8. The number of nitrogens with zero attached hydrogens (tertiary/aromatic N) is 3. The molecule has 0 N–H and O–H groups in total. The van der Waals surface area contributed by atoms with Gasteiger partial charge in [-0.2, -0.15) is 10.2 Å². The first kappa shape index (κ1) is 16.8. The molecule has 132 valence electrons. The van der Waals surface area contributed by atoms with Crippen LogP contribution in [0.15, 0.2) is 54.7 Å². The van der Waals surface area contributed by atoms with Gasteiger partial charge in [0.15, 0.2) is 11.6 Å². The Morgan fingerprint density at radius 1 is 1.04 bits per heavy atom. The van der Waals surface area contributed by atoms with Gasteiger partial charge in [-0.25, -0.2) is 8.78 Å². The SMILES string of the molecule is CN1CCC(c2ccc(F)c(F)c2)c2ccc(-c3cccnn3)cc2C1. The number of hydrogen-bond acceptors (Lipinski definition) is 3. The highest BCUT2D eigenvalue weighted by molar-refractivity contribution is 5.61. The van der Waals surface area contributed by atoms with Crippen molar-refractivity contribution in [3.05, 3.63) is 83.1 Å². The van der Waals surface area contributed by atoms with E-state index in [0.717, 1.165) is 41.9 Å². The lowest BCUT2D eigenvalue weighted by molar-refractivity contribution is 0.328. The van der Waals surface area contributed by atoms with E-state index in [4.69, 9.17) is 0 Å². The first-order valence-corrected chi connectivity index (χ1v) is 8.66. The zero-order chi connectivity index (χ0) is 18.1. The Bertz CT molecular complexity index is 928. The Balaban J connectivity index is 1.79. The van der Waals surface area contributed by atoms with Gasteiger partial charge < -0.3 is 4.90 Å². The van der Waals surface area contributed by atoms with Crippen LogP contribution in [0.25, 0.3) is 11.3 Å². The van der Waals surface area contributed by atoms with Crippen molar-refractivity contribution in [2.75, 3.05) is 13.6 Å². The topological polar surface area (TPSA) is 29.0 Å². The quantitative estimate of drug-likeness (QED) is 0.686. The molecule has 0 fully saturated rings. The largest absolute Gasteiger partial charge is 0.302 e. The second-order valence-corrected chi connectivity index (χ2v) is 6.78. The Labute approximate surface area is 151 Å². The molecular formula is C21H19F2N3. The third kappa shape index (κ3) is 3.22. The van der Waals surface area contributed by atoms with Gasteiger partial charge >= 0.3 is 0 Å². The van der Waals surface area contributed by atoms with E-state index in [1.165, 1.54) is 17.7 Å². The first-order valence-electron chi connectivity index (χ1n) is 8.66. The third-order valence-electron chi connectivity index (χ3n) is 4.97. The van der Waals surface area contributed by atoms with Crippen molar-refractivity contribution in [1.29, 1.82) is 0 Å². The van der Waals surface area contributed by atoms with E-state index in [2.05, 4.69) is 34.3 Å². The smallest absolute Gasteiger partial charge is 0.159 e. The van der Waals surface area contributed by atoms with Crippen LogP contribution in [0, 0.1) is 11.6 Å². The van der Waals surface area contributed by atoms with Crippen LogP contribution in [-0.4, -0.2) is 28.7 Å². The van der Waals surface area contributed by atoms with Gasteiger partial charge in [0, 0.05) is 24.2 Å². The molecule has 1 aromatic heterocycles. The summed E-state index contributed by atoms with van der Waals surface area (Å²) in [6.07, 6.45) is 2.51. The van der Waals surface area contributed by atoms with Gasteiger partial charge in [-0.3, -0.25) is 0 Å². The monoisotopic (exact) mass is 351 g/mol. The van der Waals surface area contributed by atoms with E-state index in [-0.39, 0.29) is 5.92 Å². The normalized spacial score (nSPS) is 17.6. The molecule has 1 aliphatic rings. The van der Waals surface area contributed by atoms with E-state index in [9.17, 15) is 8.78 Å². The lowest BCUT2D eigenvalue weighted by Crippen LogP contribution is -2.17. The molecule has 3 nitrogen and oxygen atoms in total. The predicted molar refractivity (Wildman–Crippen MR) is 96.6 cm³/mol. The van der Waals surface area contributed by atoms with Gasteiger partial charge in [0.25, 0.3) is 0 Å². The number of rotatable bonds is 2. The molecule has 1 unspecified atom stereocenters. The van der Waals surface area contributed by atoms with Crippen LogP contribution in [0.1, 0.15) is 29.0 Å². The van der Waals surface area contributed by atoms with Gasteiger partial charge in [0.2, 0.25) is 0 Å². The molecule has 0 radical (unpaired) electrons. The van der Waals surface area contributed by atoms with Crippen LogP contribution in [0.4, 0.5) is 8.78 Å². The molecule has 0 spiro atoms. The fraction of sp³-hybridized carbons (Fsp3) is 0.238. The van der Waals surface area contributed by atoms with Gasteiger partial charge in [-0.1, -0.05) is 18.2 Å². The molecule has 2 aromatic carbocycles. The van der Waals surface area contributed by atoms with Crippen LogP contribution < -0.4 is 0 Å². The summed E-state index contributed by atoms with van der Waals surface area (Å²) in [7, 11) is 2.08. The molecular weight excluding hydrogens is 332 g/mol. The lowest BCUT2D eigenvalue weighted by atomic mass is 9.85. The summed E-state index contributed by atoms with van der Waals surface area (Å²) >= 11 is 0. The van der Waals surface area contributed by atoms with Gasteiger partial charge in [-0.15, -0.1) is 0 Å². The highest BCUT2D eigenvalue weighted by atomic mass is 19.2. The van der Waals surface area contributed by atoms with E-state index >= 15 is 0 Å². The van der Waals surface area contributed by atoms with E-state index < -0.39 is 11.6 Å². The van der Waals surface area contributed by atoms with E-state index in [1.807, 2.05) is 18.2 Å². The van der Waals surface area contributed by atoms with Crippen molar-refractivity contribution < 1.29 is 8.78 Å². The lowest BCUT2D eigenvalue weighted by Gasteiger charge is -2.19. The molecule has 4 rings (SSSR count). The van der Waals surface area contributed by atoms with Crippen molar-refractivity contribution in [2.45, 2.75) is 18.9 Å². The highest BCUT2D eigenvalue weighted by Gasteiger charge is 2.23. The Morgan fingerprint density at radius 3 is 2.69 bits per heavy atom. The van der Waals surface area contributed by atoms with Crippen LogP contribution in [0.3, 0.4) is 0 Å². The van der Waals surface area contributed by atoms with Crippen molar-refractivity contribution >= 4 is 0 Å². The summed E-state index contributed by atoms with van der Waals surface area (Å²) < 4.78 is 27.1. The highest BCUT2D eigenvalue weighted by Crippen LogP contribution is 2.36. The average Bonchev–Trinajstić information content (AvgIpc) is 2.82. The second kappa shape index (κ2) is 6.92. The first-order chi connectivity index (χ1) is 12.6. The summed E-state index contributed by atoms with van der Waals surface area (Å²) in [6, 6.07) is 14.3. The number of benzene rings is 2. The van der Waals surface area contributed by atoms with Crippen molar-refractivity contribution in [3.63, 3.8) is 0 Å². The zero-order valence-electron chi connectivity index (χ0n) is 14.5. The third-order valence-corrected chi connectivity index (χ3v) is 4.97. The Kier molecular flexibility index (Phi) is 4.47. The Hall–Kier alpha value is -2.66. The van der Waals surface area contributed by atoms with E-state index in [0.29, 0.717) is 0 Å². The standard InChI is InChI=1S/C21H19F2N3/c1-26-10-8-18(14-5-7-19(22)20(23)12-14)17-6-4-15(11-16(17)13-26)21-3-2-9-24-25-21/h2-7,9,11-12,18H,8,10,13H2,1H3. The molecule has 0 saturated heterocycles. The van der Waals surface area contributed by atoms with Gasteiger partial charge in [0.1, 0.15) is 0 Å². The summed E-state index contributed by atoms with van der Waals surface area (Å²) in [6.45, 7) is 1.70. The minimum atomic E-state index is -0.808. The van der Waals surface area contributed by atoms with Crippen LogP contribution in [-0.2, 0) is 6.54 Å².